The second-order valence-electron chi connectivity index (χ2n) is 4.92. The first kappa shape index (κ1) is 14.5. The van der Waals surface area contributed by atoms with Gasteiger partial charge in [0.25, 0.3) is 0 Å². The molecule has 2 aromatic rings. The Labute approximate surface area is 119 Å². The number of benzene rings is 2. The summed E-state index contributed by atoms with van der Waals surface area (Å²) >= 11 is 0. The van der Waals surface area contributed by atoms with Gasteiger partial charge in [-0.1, -0.05) is 43.3 Å². The van der Waals surface area contributed by atoms with E-state index in [1.54, 1.807) is 0 Å². The summed E-state index contributed by atoms with van der Waals surface area (Å²) in [6, 6.07) is 13.5. The summed E-state index contributed by atoms with van der Waals surface area (Å²) in [5.41, 5.74) is 12.5. The highest BCUT2D eigenvalue weighted by atomic mass is 16.2. The van der Waals surface area contributed by atoms with Crippen LogP contribution in [0, 0.1) is 0 Å². The summed E-state index contributed by atoms with van der Waals surface area (Å²) < 4.78 is 0. The van der Waals surface area contributed by atoms with Crippen molar-refractivity contribution in [3.63, 3.8) is 0 Å². The molecule has 4 heteroatoms. The predicted octanol–water partition coefficient (Wildman–Crippen LogP) is 1.69. The van der Waals surface area contributed by atoms with Gasteiger partial charge < -0.3 is 16.8 Å². The van der Waals surface area contributed by atoms with Crippen LogP contribution in [0.5, 0.6) is 0 Å². The zero-order valence-corrected chi connectivity index (χ0v) is 11.7. The first-order chi connectivity index (χ1) is 9.65. The van der Waals surface area contributed by atoms with E-state index in [2.05, 4.69) is 17.4 Å². The molecule has 0 aliphatic rings. The maximum Gasteiger partial charge on any atom is 0.237 e. The van der Waals surface area contributed by atoms with Gasteiger partial charge in [-0.15, -0.1) is 0 Å². The van der Waals surface area contributed by atoms with Crippen molar-refractivity contribution in [1.29, 1.82) is 0 Å². The molecule has 0 spiro atoms. The van der Waals surface area contributed by atoms with Crippen LogP contribution in [0.2, 0.25) is 0 Å². The smallest absolute Gasteiger partial charge is 0.237 e. The lowest BCUT2D eigenvalue weighted by Crippen LogP contribution is -2.43. The molecule has 1 unspecified atom stereocenters. The van der Waals surface area contributed by atoms with Crippen molar-refractivity contribution in [3.8, 4) is 0 Å². The zero-order valence-electron chi connectivity index (χ0n) is 11.7. The third-order valence-electron chi connectivity index (χ3n) is 3.50. The lowest BCUT2D eigenvalue weighted by atomic mass is 10.0. The lowest BCUT2D eigenvalue weighted by molar-refractivity contribution is -0.123. The van der Waals surface area contributed by atoms with E-state index < -0.39 is 6.04 Å². The highest BCUT2D eigenvalue weighted by Gasteiger charge is 2.17. The van der Waals surface area contributed by atoms with Gasteiger partial charge in [0.05, 0.1) is 12.1 Å². The van der Waals surface area contributed by atoms with Gasteiger partial charge in [-0.2, -0.15) is 0 Å². The van der Waals surface area contributed by atoms with E-state index in [9.17, 15) is 4.79 Å². The summed E-state index contributed by atoms with van der Waals surface area (Å²) in [5.74, 6) is -0.156. The first-order valence-corrected chi connectivity index (χ1v) is 6.90. The molecule has 0 saturated carbocycles. The largest absolute Gasteiger partial charge is 0.347 e. The molecule has 4 nitrogen and oxygen atoms in total. The second kappa shape index (κ2) is 6.50. The van der Waals surface area contributed by atoms with Crippen molar-refractivity contribution in [3.05, 3.63) is 48.0 Å². The van der Waals surface area contributed by atoms with Crippen molar-refractivity contribution in [2.75, 3.05) is 6.54 Å². The summed E-state index contributed by atoms with van der Waals surface area (Å²) in [4.78, 5) is 11.9. The normalized spacial score (nSPS) is 13.9. The Morgan fingerprint density at radius 1 is 1.20 bits per heavy atom. The van der Waals surface area contributed by atoms with Crippen LogP contribution in [0.4, 0.5) is 0 Å². The fourth-order valence-electron chi connectivity index (χ4n) is 2.17. The number of nitrogens with two attached hydrogens (primary N) is 2. The molecular formula is C16H21N3O. The molecule has 20 heavy (non-hydrogen) atoms. The maximum atomic E-state index is 11.9. The zero-order chi connectivity index (χ0) is 14.5. The summed E-state index contributed by atoms with van der Waals surface area (Å²) in [6.07, 6.45) is 0.612. The van der Waals surface area contributed by atoms with Crippen LogP contribution in [0.25, 0.3) is 10.8 Å². The standard InChI is InChI=1S/C16H21N3O/c1-2-14(18)16(20)19-15(10-17)13-8-7-11-5-3-4-6-12(11)9-13/h3-9,14-15H,2,10,17-18H2,1H3,(H,19,20)/t14-,15?/m0/s1. The Balaban J connectivity index is 2.23. The van der Waals surface area contributed by atoms with Gasteiger partial charge >= 0.3 is 0 Å². The molecule has 1 amide bonds. The fraction of sp³-hybridized carbons (Fsp3) is 0.312. The van der Waals surface area contributed by atoms with E-state index in [-0.39, 0.29) is 11.9 Å². The number of hydrogen-bond donors (Lipinski definition) is 3. The van der Waals surface area contributed by atoms with Crippen molar-refractivity contribution in [1.82, 2.24) is 5.32 Å². The monoisotopic (exact) mass is 271 g/mol. The molecule has 0 heterocycles. The average Bonchev–Trinajstić information content (AvgIpc) is 2.51. The van der Waals surface area contributed by atoms with Crippen LogP contribution in [0.1, 0.15) is 24.9 Å². The van der Waals surface area contributed by atoms with Gasteiger partial charge in [-0.3, -0.25) is 4.79 Å². The number of rotatable bonds is 5. The van der Waals surface area contributed by atoms with Gasteiger partial charge in [0, 0.05) is 6.54 Å². The Morgan fingerprint density at radius 3 is 2.55 bits per heavy atom. The van der Waals surface area contributed by atoms with Crippen LogP contribution in [0.3, 0.4) is 0 Å². The van der Waals surface area contributed by atoms with Gasteiger partial charge in [0.2, 0.25) is 5.91 Å². The predicted molar refractivity (Wildman–Crippen MR) is 82.2 cm³/mol. The van der Waals surface area contributed by atoms with Crippen LogP contribution in [0.15, 0.2) is 42.5 Å². The fourth-order valence-corrected chi connectivity index (χ4v) is 2.17. The number of hydrogen-bond acceptors (Lipinski definition) is 3. The average molecular weight is 271 g/mol. The van der Waals surface area contributed by atoms with Crippen LogP contribution in [-0.2, 0) is 4.79 Å². The van der Waals surface area contributed by atoms with Gasteiger partial charge in [-0.25, -0.2) is 0 Å². The number of carbonyl (C=O) groups is 1. The van der Waals surface area contributed by atoms with Crippen LogP contribution in [-0.4, -0.2) is 18.5 Å². The van der Waals surface area contributed by atoms with Gasteiger partial charge in [-0.05, 0) is 28.8 Å². The molecule has 0 aromatic heterocycles. The van der Waals surface area contributed by atoms with Crippen molar-refractivity contribution >= 4 is 16.7 Å². The van der Waals surface area contributed by atoms with E-state index in [1.165, 1.54) is 5.39 Å². The molecule has 0 fully saturated rings. The van der Waals surface area contributed by atoms with Gasteiger partial charge in [0.1, 0.15) is 0 Å². The van der Waals surface area contributed by atoms with Crippen LogP contribution >= 0.6 is 0 Å². The third kappa shape index (κ3) is 3.15. The van der Waals surface area contributed by atoms with Crippen molar-refractivity contribution in [2.45, 2.75) is 25.4 Å². The molecule has 0 aliphatic carbocycles. The minimum atomic E-state index is -0.482. The van der Waals surface area contributed by atoms with E-state index in [4.69, 9.17) is 11.5 Å². The number of nitrogens with one attached hydrogen (secondary N) is 1. The summed E-state index contributed by atoms with van der Waals surface area (Å²) in [6.45, 7) is 2.23. The maximum absolute atomic E-state index is 11.9. The summed E-state index contributed by atoms with van der Waals surface area (Å²) in [5, 5.41) is 5.22. The molecule has 0 saturated heterocycles. The molecule has 0 bridgehead atoms. The number of carbonyl (C=O) groups excluding carboxylic acids is 1. The van der Waals surface area contributed by atoms with Crippen LogP contribution < -0.4 is 16.8 Å². The Kier molecular flexibility index (Phi) is 4.71. The molecule has 5 N–H and O–H groups in total. The van der Waals surface area contributed by atoms with E-state index in [0.29, 0.717) is 13.0 Å². The van der Waals surface area contributed by atoms with Crippen molar-refractivity contribution < 1.29 is 4.79 Å². The quantitative estimate of drug-likeness (QED) is 0.774. The Morgan fingerprint density at radius 2 is 1.90 bits per heavy atom. The molecule has 2 atom stereocenters. The van der Waals surface area contributed by atoms with Crippen molar-refractivity contribution in [2.24, 2.45) is 11.5 Å². The Hall–Kier alpha value is -1.91. The second-order valence-corrected chi connectivity index (χ2v) is 4.92. The highest BCUT2D eigenvalue weighted by Crippen LogP contribution is 2.20. The van der Waals surface area contributed by atoms with E-state index in [1.807, 2.05) is 37.3 Å². The molecule has 2 aromatic carbocycles. The third-order valence-corrected chi connectivity index (χ3v) is 3.50. The first-order valence-electron chi connectivity index (χ1n) is 6.90. The molecule has 106 valence electrons. The summed E-state index contributed by atoms with van der Waals surface area (Å²) in [7, 11) is 0. The van der Waals surface area contributed by atoms with E-state index >= 15 is 0 Å². The molecular weight excluding hydrogens is 250 g/mol. The molecule has 2 rings (SSSR count). The van der Waals surface area contributed by atoms with E-state index in [0.717, 1.165) is 10.9 Å². The lowest BCUT2D eigenvalue weighted by Gasteiger charge is -2.20. The SMILES string of the molecule is CC[C@H](N)C(=O)NC(CN)c1ccc2ccccc2c1. The molecule has 0 radical (unpaired) electrons. The molecule has 0 aliphatic heterocycles. The minimum absolute atomic E-state index is 0.156. The number of fused-ring (bicyclic) bond motifs is 1. The highest BCUT2D eigenvalue weighted by molar-refractivity contribution is 5.84. The topological polar surface area (TPSA) is 81.1 Å². The number of amides is 1. The minimum Gasteiger partial charge on any atom is -0.347 e. The Bertz CT molecular complexity index is 597. The van der Waals surface area contributed by atoms with Gasteiger partial charge in [0.15, 0.2) is 0 Å².